The number of fused-ring (bicyclic) bond motifs is 2. The number of aromatic amines is 1. The van der Waals surface area contributed by atoms with Crippen molar-refractivity contribution in [1.82, 2.24) is 29.8 Å². The summed E-state index contributed by atoms with van der Waals surface area (Å²) in [5.74, 6) is 1.09. The summed E-state index contributed by atoms with van der Waals surface area (Å²) in [7, 11) is 8.15. The first kappa shape index (κ1) is 35.6. The second-order valence-corrected chi connectivity index (χ2v) is 11.6. The number of H-pyrrole nitrogens is 1. The average Bonchev–Trinajstić information content (AvgIpc) is 3.41. The fraction of sp³-hybridized carbons (Fsp3) is 0.462. The number of rotatable bonds is 11. The number of alkyl halides is 5. The van der Waals surface area contributed by atoms with Crippen LogP contribution in [-0.2, 0) is 6.54 Å². The highest BCUT2D eigenvalue weighted by molar-refractivity contribution is 14.1. The van der Waals surface area contributed by atoms with Gasteiger partial charge >= 0.3 is 13.2 Å². The maximum atomic E-state index is 12.2. The van der Waals surface area contributed by atoms with Crippen molar-refractivity contribution < 1.29 is 27.0 Å². The molecule has 0 saturated heterocycles. The van der Waals surface area contributed by atoms with E-state index in [9.17, 15) is 17.6 Å². The second kappa shape index (κ2) is 18.1. The molecule has 4 rings (SSSR count). The summed E-state index contributed by atoms with van der Waals surface area (Å²) in [4.78, 5) is 4.24. The molecule has 4 aromatic rings. The Morgan fingerprint density at radius 2 is 1.44 bits per heavy atom. The predicted octanol–water partition coefficient (Wildman–Crippen LogP) is 7.14. The molecule has 2 aromatic carbocycles. The molecule has 2 heterocycles. The van der Waals surface area contributed by atoms with Crippen LogP contribution in [0.1, 0.15) is 12.8 Å². The standard InChI is InChI=1S/C13H16F2IN3O.C8H5F2IN2O.C5H12ClN/c1-18(2)6-3-7-19-11-5-4-9(20-13(14)15)8-10(11)12(16)17-19;9-8(10)14-4-1-2-6-5(3-4)7(11)13-12-6;1-7(2)5-3-4-6/h4-5,8,13H,3,6-7H2,1-2H3;1-3,8H,(H,12,13);3-5H2,1-2H3. The number of hydrogen-bond donors (Lipinski definition) is 1. The number of nitrogens with zero attached hydrogens (tertiary/aromatic N) is 5. The lowest BCUT2D eigenvalue weighted by atomic mass is 10.2. The molecule has 0 aliphatic rings. The highest BCUT2D eigenvalue weighted by Crippen LogP contribution is 2.26. The van der Waals surface area contributed by atoms with Crippen LogP contribution in [-0.4, -0.2) is 90.2 Å². The number of aryl methyl sites for hydroxylation is 1. The topological polar surface area (TPSA) is 71.4 Å². The van der Waals surface area contributed by atoms with Crippen LogP contribution in [0.4, 0.5) is 17.6 Å². The molecular weight excluding hydrogens is 794 g/mol. The molecule has 228 valence electrons. The predicted molar refractivity (Wildman–Crippen MR) is 172 cm³/mol. The van der Waals surface area contributed by atoms with E-state index in [4.69, 9.17) is 11.6 Å². The van der Waals surface area contributed by atoms with Crippen LogP contribution in [0.15, 0.2) is 36.4 Å². The zero-order valence-electron chi connectivity index (χ0n) is 23.1. The van der Waals surface area contributed by atoms with E-state index in [1.165, 1.54) is 12.1 Å². The van der Waals surface area contributed by atoms with Gasteiger partial charge in [-0.3, -0.25) is 9.78 Å². The highest BCUT2D eigenvalue weighted by Gasteiger charge is 2.12. The fourth-order valence-electron chi connectivity index (χ4n) is 3.51. The molecule has 0 spiro atoms. The summed E-state index contributed by atoms with van der Waals surface area (Å²) in [6.45, 7) is -2.72. The van der Waals surface area contributed by atoms with Gasteiger partial charge in [0.2, 0.25) is 0 Å². The Morgan fingerprint density at radius 1 is 0.878 bits per heavy atom. The van der Waals surface area contributed by atoms with Crippen molar-refractivity contribution in [3.63, 3.8) is 0 Å². The van der Waals surface area contributed by atoms with Crippen LogP contribution < -0.4 is 9.47 Å². The summed E-state index contributed by atoms with van der Waals surface area (Å²) in [5, 5.41) is 12.8. The quantitative estimate of drug-likeness (QED) is 0.0986. The first-order valence-corrected chi connectivity index (χ1v) is 15.1. The molecular formula is C26H33ClF4I2N6O2. The minimum absolute atomic E-state index is 0.145. The maximum absolute atomic E-state index is 12.2. The normalized spacial score (nSPS) is 11.3. The van der Waals surface area contributed by atoms with Gasteiger partial charge in [-0.05, 0) is 136 Å². The van der Waals surface area contributed by atoms with E-state index in [-0.39, 0.29) is 11.5 Å². The second-order valence-electron chi connectivity index (χ2n) is 9.17. The van der Waals surface area contributed by atoms with E-state index in [2.05, 4.69) is 57.2 Å². The van der Waals surface area contributed by atoms with Crippen LogP contribution in [0.5, 0.6) is 11.5 Å². The lowest BCUT2D eigenvalue weighted by molar-refractivity contribution is -0.0504. The van der Waals surface area contributed by atoms with Crippen molar-refractivity contribution in [2.45, 2.75) is 32.6 Å². The molecule has 0 bridgehead atoms. The Hall–Kier alpha value is -1.63. The molecule has 2 aromatic heterocycles. The summed E-state index contributed by atoms with van der Waals surface area (Å²) >= 11 is 9.57. The van der Waals surface area contributed by atoms with Crippen LogP contribution in [0, 0.1) is 7.40 Å². The first-order valence-electron chi connectivity index (χ1n) is 12.5. The largest absolute Gasteiger partial charge is 0.435 e. The molecule has 0 radical (unpaired) electrons. The van der Waals surface area contributed by atoms with E-state index in [0.29, 0.717) is 0 Å². The van der Waals surface area contributed by atoms with Gasteiger partial charge in [-0.25, -0.2) is 0 Å². The van der Waals surface area contributed by atoms with Crippen molar-refractivity contribution in [1.29, 1.82) is 0 Å². The number of nitrogens with one attached hydrogen (secondary N) is 1. The molecule has 0 atom stereocenters. The van der Waals surface area contributed by atoms with Crippen molar-refractivity contribution in [3.05, 3.63) is 43.8 Å². The molecule has 1 N–H and O–H groups in total. The Balaban J connectivity index is 0.000000242. The lowest BCUT2D eigenvalue weighted by Crippen LogP contribution is -2.15. The summed E-state index contributed by atoms with van der Waals surface area (Å²) in [5.41, 5.74) is 1.67. The lowest BCUT2D eigenvalue weighted by Gasteiger charge is -2.09. The molecule has 0 aliphatic heterocycles. The van der Waals surface area contributed by atoms with Crippen molar-refractivity contribution in [2.75, 3.05) is 47.2 Å². The number of benzene rings is 2. The third kappa shape index (κ3) is 12.6. The molecule has 0 amide bonds. The summed E-state index contributed by atoms with van der Waals surface area (Å²) < 4.78 is 60.4. The summed E-state index contributed by atoms with van der Waals surface area (Å²) in [6.07, 6.45) is 2.07. The fourth-order valence-corrected chi connectivity index (χ4v) is 4.88. The van der Waals surface area contributed by atoms with E-state index < -0.39 is 13.2 Å². The minimum atomic E-state index is -2.81. The van der Waals surface area contributed by atoms with Gasteiger partial charge in [0.05, 0.1) is 11.0 Å². The molecule has 0 unspecified atom stereocenters. The van der Waals surface area contributed by atoms with Crippen molar-refractivity contribution in [2.24, 2.45) is 0 Å². The Kier molecular flexibility index (Phi) is 15.7. The van der Waals surface area contributed by atoms with E-state index in [1.807, 2.05) is 55.5 Å². The number of aromatic nitrogens is 4. The Bertz CT molecular complexity index is 1340. The SMILES string of the molecule is CN(C)CCCCl.CN(C)CCCn1nc(I)c2cc(OC(F)F)ccc21.FC(F)Oc1ccc2n[nH]c(I)c2c1. The van der Waals surface area contributed by atoms with Gasteiger partial charge in [-0.2, -0.15) is 27.8 Å². The number of ether oxygens (including phenoxy) is 2. The molecule has 8 nitrogen and oxygen atoms in total. The first-order chi connectivity index (χ1) is 19.4. The third-order valence-corrected chi connectivity index (χ3v) is 7.21. The number of hydrogen-bond acceptors (Lipinski definition) is 6. The Morgan fingerprint density at radius 3 is 1.98 bits per heavy atom. The molecule has 0 saturated carbocycles. The van der Waals surface area contributed by atoms with Crippen LogP contribution in [0.25, 0.3) is 21.8 Å². The van der Waals surface area contributed by atoms with Crippen molar-refractivity contribution in [3.8, 4) is 11.5 Å². The maximum Gasteiger partial charge on any atom is 0.387 e. The van der Waals surface area contributed by atoms with Crippen LogP contribution in [0.3, 0.4) is 0 Å². The van der Waals surface area contributed by atoms with Gasteiger partial charge < -0.3 is 19.3 Å². The number of halogens is 7. The average molecular weight is 827 g/mol. The van der Waals surface area contributed by atoms with Crippen LogP contribution >= 0.6 is 56.8 Å². The molecule has 0 aliphatic carbocycles. The van der Waals surface area contributed by atoms with Crippen LogP contribution in [0.2, 0.25) is 0 Å². The smallest absolute Gasteiger partial charge is 0.387 e. The van der Waals surface area contributed by atoms with Gasteiger partial charge in [-0.15, -0.1) is 11.6 Å². The zero-order valence-corrected chi connectivity index (χ0v) is 28.1. The van der Waals surface area contributed by atoms with E-state index in [0.717, 1.165) is 67.6 Å². The molecule has 15 heteroatoms. The zero-order chi connectivity index (χ0) is 30.5. The Labute approximate surface area is 268 Å². The van der Waals surface area contributed by atoms with Gasteiger partial charge in [0.25, 0.3) is 0 Å². The monoisotopic (exact) mass is 826 g/mol. The molecule has 0 fully saturated rings. The third-order valence-electron chi connectivity index (χ3n) is 5.32. The van der Waals surface area contributed by atoms with Gasteiger partial charge in [0.1, 0.15) is 18.9 Å². The minimum Gasteiger partial charge on any atom is -0.435 e. The van der Waals surface area contributed by atoms with Crippen molar-refractivity contribution >= 4 is 78.6 Å². The van der Waals surface area contributed by atoms with Gasteiger partial charge in [0.15, 0.2) is 0 Å². The highest BCUT2D eigenvalue weighted by atomic mass is 127. The van der Waals surface area contributed by atoms with E-state index >= 15 is 0 Å². The summed E-state index contributed by atoms with van der Waals surface area (Å²) in [6, 6.07) is 9.56. The van der Waals surface area contributed by atoms with Gasteiger partial charge in [-0.1, -0.05) is 0 Å². The molecule has 41 heavy (non-hydrogen) atoms. The van der Waals surface area contributed by atoms with Gasteiger partial charge in [0, 0.05) is 23.2 Å². The van der Waals surface area contributed by atoms with E-state index in [1.54, 1.807) is 24.3 Å².